The van der Waals surface area contributed by atoms with Gasteiger partial charge in [0.15, 0.2) is 11.6 Å². The first kappa shape index (κ1) is 17.2. The van der Waals surface area contributed by atoms with E-state index < -0.39 is 0 Å². The van der Waals surface area contributed by atoms with Gasteiger partial charge in [-0.1, -0.05) is 35.1 Å². The number of hydrogen-bond donors (Lipinski definition) is 1. The molecule has 3 aromatic rings. The van der Waals surface area contributed by atoms with Crippen molar-refractivity contribution in [2.45, 2.75) is 18.9 Å². The highest BCUT2D eigenvalue weighted by molar-refractivity contribution is 7.15. The van der Waals surface area contributed by atoms with Crippen molar-refractivity contribution in [1.82, 2.24) is 15.2 Å². The molecule has 1 aliphatic rings. The zero-order valence-electron chi connectivity index (χ0n) is 13.9. The fourth-order valence-electron chi connectivity index (χ4n) is 3.02. The molecule has 3 heterocycles. The van der Waals surface area contributed by atoms with E-state index in [1.165, 1.54) is 6.07 Å². The van der Waals surface area contributed by atoms with Crippen LogP contribution >= 0.6 is 22.9 Å². The Bertz CT molecular complexity index is 885. The first-order chi connectivity index (χ1) is 12.7. The number of halogens is 2. The van der Waals surface area contributed by atoms with Crippen molar-refractivity contribution in [2.24, 2.45) is 0 Å². The van der Waals surface area contributed by atoms with E-state index in [9.17, 15) is 4.39 Å². The summed E-state index contributed by atoms with van der Waals surface area (Å²) in [5.74, 6) is 0.131. The molecule has 1 saturated heterocycles. The number of nitrogens with zero attached hydrogens (tertiary/aromatic N) is 4. The summed E-state index contributed by atoms with van der Waals surface area (Å²) in [4.78, 5) is 6.11. The Balaban J connectivity index is 1.36. The first-order valence-electron chi connectivity index (χ1n) is 8.36. The number of nitrogens with one attached hydrogen (secondary N) is 1. The van der Waals surface area contributed by atoms with Crippen LogP contribution in [0.2, 0.25) is 5.02 Å². The molecule has 0 bridgehead atoms. The Kier molecular flexibility index (Phi) is 4.99. The van der Waals surface area contributed by atoms with Crippen molar-refractivity contribution in [1.29, 1.82) is 0 Å². The second-order valence-corrected chi connectivity index (χ2v) is 7.69. The number of benzene rings is 1. The van der Waals surface area contributed by atoms with Gasteiger partial charge in [0.25, 0.3) is 0 Å². The van der Waals surface area contributed by atoms with Crippen molar-refractivity contribution < 1.29 is 4.39 Å². The molecule has 0 spiro atoms. The Morgan fingerprint density at radius 2 is 2.08 bits per heavy atom. The Labute approximate surface area is 159 Å². The van der Waals surface area contributed by atoms with Gasteiger partial charge in [-0.15, -0.1) is 10.2 Å². The molecule has 2 aromatic heterocycles. The van der Waals surface area contributed by atoms with Gasteiger partial charge in [-0.3, -0.25) is 0 Å². The zero-order valence-corrected chi connectivity index (χ0v) is 15.5. The van der Waals surface area contributed by atoms with Crippen LogP contribution in [0.1, 0.15) is 17.0 Å². The van der Waals surface area contributed by atoms with E-state index >= 15 is 0 Å². The third kappa shape index (κ3) is 3.94. The molecule has 1 fully saturated rings. The highest BCUT2D eigenvalue weighted by Crippen LogP contribution is 2.25. The third-order valence-corrected chi connectivity index (χ3v) is 5.40. The number of anilines is 2. The third-order valence-electron chi connectivity index (χ3n) is 4.29. The van der Waals surface area contributed by atoms with Gasteiger partial charge in [0, 0.05) is 36.8 Å². The van der Waals surface area contributed by atoms with Gasteiger partial charge < -0.3 is 10.2 Å². The number of aromatic nitrogens is 3. The van der Waals surface area contributed by atoms with Gasteiger partial charge >= 0.3 is 0 Å². The molecule has 8 heteroatoms. The second-order valence-electron chi connectivity index (χ2n) is 6.19. The summed E-state index contributed by atoms with van der Waals surface area (Å²) in [6.07, 6.45) is 3.25. The summed E-state index contributed by atoms with van der Waals surface area (Å²) in [6.45, 7) is 1.46. The average molecular weight is 390 g/mol. The normalized spacial score (nSPS) is 16.8. The minimum absolute atomic E-state index is 0.202. The smallest absolute Gasteiger partial charge is 0.205 e. The van der Waals surface area contributed by atoms with E-state index in [4.69, 9.17) is 11.6 Å². The van der Waals surface area contributed by atoms with Crippen LogP contribution in [0, 0.1) is 5.82 Å². The molecule has 1 aromatic carbocycles. The van der Waals surface area contributed by atoms with Gasteiger partial charge in [-0.05, 0) is 36.2 Å². The zero-order chi connectivity index (χ0) is 17.9. The molecule has 4 rings (SSSR count). The molecule has 0 saturated carbocycles. The molecule has 134 valence electrons. The fourth-order valence-corrected chi connectivity index (χ4v) is 3.99. The maximum absolute atomic E-state index is 13.9. The minimum Gasteiger partial charge on any atom is -0.355 e. The van der Waals surface area contributed by atoms with E-state index in [2.05, 4.69) is 20.5 Å². The summed E-state index contributed by atoms with van der Waals surface area (Å²) in [6, 6.07) is 11.0. The molecular weight excluding hydrogens is 373 g/mol. The molecule has 26 heavy (non-hydrogen) atoms. The maximum atomic E-state index is 13.9. The topological polar surface area (TPSA) is 53.9 Å². The summed E-state index contributed by atoms with van der Waals surface area (Å²) in [5, 5.41) is 14.4. The number of rotatable bonds is 5. The lowest BCUT2D eigenvalue weighted by atomic mass is 10.2. The van der Waals surface area contributed by atoms with Gasteiger partial charge in [0.05, 0.1) is 0 Å². The lowest BCUT2D eigenvalue weighted by molar-refractivity contribution is 0.615. The van der Waals surface area contributed by atoms with Gasteiger partial charge in [0.1, 0.15) is 5.01 Å². The summed E-state index contributed by atoms with van der Waals surface area (Å²) in [7, 11) is 0. The van der Waals surface area contributed by atoms with Crippen LogP contribution < -0.4 is 10.2 Å². The number of hydrogen-bond acceptors (Lipinski definition) is 6. The molecule has 1 unspecified atom stereocenters. The largest absolute Gasteiger partial charge is 0.355 e. The molecule has 0 radical (unpaired) electrons. The summed E-state index contributed by atoms with van der Waals surface area (Å²) < 4.78 is 13.9. The van der Waals surface area contributed by atoms with E-state index in [0.717, 1.165) is 40.1 Å². The quantitative estimate of drug-likeness (QED) is 0.714. The van der Waals surface area contributed by atoms with Gasteiger partial charge in [-0.25, -0.2) is 9.37 Å². The van der Waals surface area contributed by atoms with E-state index in [1.54, 1.807) is 23.6 Å². The maximum Gasteiger partial charge on any atom is 0.205 e. The molecule has 1 atom stereocenters. The summed E-state index contributed by atoms with van der Waals surface area (Å²) >= 11 is 7.46. The Hall–Kier alpha value is -2.25. The van der Waals surface area contributed by atoms with Crippen molar-refractivity contribution in [3.8, 4) is 0 Å². The van der Waals surface area contributed by atoms with Crippen LogP contribution in [0.4, 0.5) is 15.3 Å². The predicted molar refractivity (Wildman–Crippen MR) is 103 cm³/mol. The Morgan fingerprint density at radius 1 is 1.23 bits per heavy atom. The lowest BCUT2D eigenvalue weighted by Crippen LogP contribution is -2.27. The van der Waals surface area contributed by atoms with Crippen LogP contribution in [0.5, 0.6) is 0 Å². The van der Waals surface area contributed by atoms with Crippen molar-refractivity contribution in [3.05, 3.63) is 64.0 Å². The number of pyridine rings is 1. The van der Waals surface area contributed by atoms with E-state index in [0.29, 0.717) is 12.4 Å². The van der Waals surface area contributed by atoms with Crippen molar-refractivity contribution in [2.75, 3.05) is 23.3 Å². The van der Waals surface area contributed by atoms with Crippen LogP contribution in [0.3, 0.4) is 0 Å². The molecule has 1 aliphatic heterocycles. The molecule has 0 aliphatic carbocycles. The SMILES string of the molecule is Fc1cccnc1N1CCC(Nc2nnc(Cc3ccc(Cl)cc3)s2)C1. The molecule has 0 amide bonds. The predicted octanol–water partition coefficient (Wildman–Crippen LogP) is 4.01. The molecule has 5 nitrogen and oxygen atoms in total. The first-order valence-corrected chi connectivity index (χ1v) is 9.55. The monoisotopic (exact) mass is 389 g/mol. The highest BCUT2D eigenvalue weighted by atomic mass is 35.5. The van der Waals surface area contributed by atoms with Crippen LogP contribution in [-0.2, 0) is 6.42 Å². The van der Waals surface area contributed by atoms with Crippen LogP contribution in [-0.4, -0.2) is 34.3 Å². The second kappa shape index (κ2) is 7.55. The highest BCUT2D eigenvalue weighted by Gasteiger charge is 2.26. The van der Waals surface area contributed by atoms with Crippen molar-refractivity contribution in [3.63, 3.8) is 0 Å². The van der Waals surface area contributed by atoms with Crippen molar-refractivity contribution >= 4 is 33.9 Å². The van der Waals surface area contributed by atoms with Crippen LogP contribution in [0.15, 0.2) is 42.6 Å². The van der Waals surface area contributed by atoms with Gasteiger partial charge in [0.2, 0.25) is 5.13 Å². The van der Waals surface area contributed by atoms with Gasteiger partial charge in [-0.2, -0.15) is 0 Å². The molecule has 1 N–H and O–H groups in total. The standard InChI is InChI=1S/C18H17ClFN5S/c19-13-5-3-12(4-6-13)10-16-23-24-18(26-16)22-14-7-9-25(11-14)17-15(20)2-1-8-21-17/h1-6,8,14H,7,9-11H2,(H,22,24). The fraction of sp³-hybridized carbons (Fsp3) is 0.278. The Morgan fingerprint density at radius 3 is 2.88 bits per heavy atom. The average Bonchev–Trinajstić information content (AvgIpc) is 3.27. The minimum atomic E-state index is -0.283. The van der Waals surface area contributed by atoms with E-state index in [-0.39, 0.29) is 11.9 Å². The summed E-state index contributed by atoms with van der Waals surface area (Å²) in [5.41, 5.74) is 1.15. The molecular formula is C18H17ClFN5S. The van der Waals surface area contributed by atoms with E-state index in [1.807, 2.05) is 29.2 Å². The van der Waals surface area contributed by atoms with Crippen LogP contribution in [0.25, 0.3) is 0 Å². The lowest BCUT2D eigenvalue weighted by Gasteiger charge is -2.17.